The van der Waals surface area contributed by atoms with E-state index in [2.05, 4.69) is 46.4 Å². The number of nitrogens with zero attached hydrogens (tertiary/aromatic N) is 1. The van der Waals surface area contributed by atoms with Crippen molar-refractivity contribution in [2.24, 2.45) is 0 Å². The largest absolute Gasteiger partial charge is 0.309 e. The van der Waals surface area contributed by atoms with Gasteiger partial charge in [0.25, 0.3) is 0 Å². The highest BCUT2D eigenvalue weighted by molar-refractivity contribution is 9.10. The average Bonchev–Trinajstić information content (AvgIpc) is 2.18. The lowest BCUT2D eigenvalue weighted by Gasteiger charge is -2.13. The van der Waals surface area contributed by atoms with Crippen LogP contribution in [0.1, 0.15) is 24.9 Å². The monoisotopic (exact) mass is 252 g/mol. The Morgan fingerprint density at radius 2 is 2.36 bits per heavy atom. The second-order valence-electron chi connectivity index (χ2n) is 3.14. The van der Waals surface area contributed by atoms with E-state index >= 15 is 0 Å². The summed E-state index contributed by atoms with van der Waals surface area (Å²) in [4.78, 5) is 0. The Morgan fingerprint density at radius 1 is 1.57 bits per heavy atom. The lowest BCUT2D eigenvalue weighted by molar-refractivity contribution is 0.583. The topological polar surface area (TPSA) is 35.8 Å². The van der Waals surface area contributed by atoms with Gasteiger partial charge in [-0.25, -0.2) is 0 Å². The van der Waals surface area contributed by atoms with Gasteiger partial charge in [-0.1, -0.05) is 28.1 Å². The third kappa shape index (κ3) is 3.49. The minimum absolute atomic E-state index is 0.292. The first-order valence-electron chi connectivity index (χ1n) is 4.60. The predicted molar refractivity (Wildman–Crippen MR) is 60.8 cm³/mol. The molecule has 0 saturated carbocycles. The van der Waals surface area contributed by atoms with Crippen LogP contribution < -0.4 is 5.32 Å². The first-order chi connectivity index (χ1) is 6.74. The third-order valence-electron chi connectivity index (χ3n) is 2.04. The predicted octanol–water partition coefficient (Wildman–Crippen LogP) is 3.01. The second kappa shape index (κ2) is 5.79. The molecule has 0 saturated heterocycles. The molecule has 14 heavy (non-hydrogen) atoms. The summed E-state index contributed by atoms with van der Waals surface area (Å²) >= 11 is 3.43. The lowest BCUT2D eigenvalue weighted by atomic mass is 10.1. The van der Waals surface area contributed by atoms with Crippen molar-refractivity contribution in [2.75, 3.05) is 6.54 Å². The molecule has 0 radical (unpaired) electrons. The van der Waals surface area contributed by atoms with E-state index in [9.17, 15) is 0 Å². The Hall–Kier alpha value is -0.850. The summed E-state index contributed by atoms with van der Waals surface area (Å²) in [5.74, 6) is 0. The zero-order chi connectivity index (χ0) is 10.4. The van der Waals surface area contributed by atoms with E-state index in [0.717, 1.165) is 11.0 Å². The maximum Gasteiger partial charge on any atom is 0.0635 e. The number of nitrogens with one attached hydrogen (secondary N) is 1. The maximum absolute atomic E-state index is 8.40. The molecule has 0 aliphatic carbocycles. The van der Waals surface area contributed by atoms with Gasteiger partial charge < -0.3 is 5.32 Å². The Bertz CT molecular complexity index is 330. The van der Waals surface area contributed by atoms with E-state index in [1.807, 2.05) is 12.1 Å². The van der Waals surface area contributed by atoms with Crippen LogP contribution in [-0.4, -0.2) is 6.54 Å². The summed E-state index contributed by atoms with van der Waals surface area (Å²) in [5, 5.41) is 11.7. The zero-order valence-corrected chi connectivity index (χ0v) is 9.71. The summed E-state index contributed by atoms with van der Waals surface area (Å²) < 4.78 is 1.09. The number of hydrogen-bond donors (Lipinski definition) is 1. The van der Waals surface area contributed by atoms with Crippen LogP contribution in [0.2, 0.25) is 0 Å². The van der Waals surface area contributed by atoms with Crippen LogP contribution in [0.3, 0.4) is 0 Å². The van der Waals surface area contributed by atoms with Crippen molar-refractivity contribution in [1.82, 2.24) is 5.32 Å². The second-order valence-corrected chi connectivity index (χ2v) is 4.05. The number of hydrogen-bond acceptors (Lipinski definition) is 2. The number of nitriles is 1. The zero-order valence-electron chi connectivity index (χ0n) is 8.13. The quantitative estimate of drug-likeness (QED) is 0.837. The first-order valence-corrected chi connectivity index (χ1v) is 5.39. The normalized spacial score (nSPS) is 12.1. The standard InChI is InChI=1S/C11H13BrN2/c1-9(14-7-3-6-13)10-4-2-5-11(12)8-10/h2,4-5,8-9,14H,3,7H2,1H3/t9-/m1/s1. The summed E-state index contributed by atoms with van der Waals surface area (Å²) in [7, 11) is 0. The van der Waals surface area contributed by atoms with Crippen LogP contribution in [0.4, 0.5) is 0 Å². The molecule has 0 aliphatic rings. The van der Waals surface area contributed by atoms with Crippen molar-refractivity contribution in [3.63, 3.8) is 0 Å². The smallest absolute Gasteiger partial charge is 0.0635 e. The van der Waals surface area contributed by atoms with E-state index in [1.165, 1.54) is 5.56 Å². The van der Waals surface area contributed by atoms with Gasteiger partial charge in [-0.15, -0.1) is 0 Å². The number of halogens is 1. The fraction of sp³-hybridized carbons (Fsp3) is 0.364. The molecule has 0 bridgehead atoms. The van der Waals surface area contributed by atoms with Gasteiger partial charge in [-0.3, -0.25) is 0 Å². The van der Waals surface area contributed by atoms with E-state index in [-0.39, 0.29) is 0 Å². The molecule has 0 amide bonds. The highest BCUT2D eigenvalue weighted by Gasteiger charge is 2.03. The van der Waals surface area contributed by atoms with Gasteiger partial charge in [0.2, 0.25) is 0 Å². The summed E-state index contributed by atoms with van der Waals surface area (Å²) in [5.41, 5.74) is 1.23. The Labute approximate surface area is 93.1 Å². The SMILES string of the molecule is C[C@@H](NCCC#N)c1cccc(Br)c1. The molecule has 1 rings (SSSR count). The fourth-order valence-electron chi connectivity index (χ4n) is 1.24. The molecule has 3 heteroatoms. The van der Waals surface area contributed by atoms with Gasteiger partial charge in [-0.05, 0) is 24.6 Å². The Kier molecular flexibility index (Phi) is 4.64. The van der Waals surface area contributed by atoms with Gasteiger partial charge >= 0.3 is 0 Å². The highest BCUT2D eigenvalue weighted by atomic mass is 79.9. The third-order valence-corrected chi connectivity index (χ3v) is 2.53. The molecule has 0 unspecified atom stereocenters. The molecule has 0 aromatic heterocycles. The summed E-state index contributed by atoms with van der Waals surface area (Å²) in [6.07, 6.45) is 0.554. The van der Waals surface area contributed by atoms with Crippen LogP contribution in [0.15, 0.2) is 28.7 Å². The first kappa shape index (κ1) is 11.2. The molecule has 1 aromatic carbocycles. The molecule has 0 aliphatic heterocycles. The Balaban J connectivity index is 2.52. The van der Waals surface area contributed by atoms with Crippen LogP contribution in [0, 0.1) is 11.3 Å². The van der Waals surface area contributed by atoms with Gasteiger partial charge in [0.1, 0.15) is 0 Å². The molecular formula is C11H13BrN2. The molecule has 1 N–H and O–H groups in total. The maximum atomic E-state index is 8.40. The van der Waals surface area contributed by atoms with Gasteiger partial charge in [0, 0.05) is 23.5 Å². The van der Waals surface area contributed by atoms with Gasteiger partial charge in [0.15, 0.2) is 0 Å². The van der Waals surface area contributed by atoms with Crippen molar-refractivity contribution in [3.8, 4) is 6.07 Å². The summed E-state index contributed by atoms with van der Waals surface area (Å²) in [6, 6.07) is 10.6. The van der Waals surface area contributed by atoms with Crippen molar-refractivity contribution in [2.45, 2.75) is 19.4 Å². The molecule has 0 heterocycles. The lowest BCUT2D eigenvalue weighted by Crippen LogP contribution is -2.19. The fourth-order valence-corrected chi connectivity index (χ4v) is 1.66. The number of rotatable bonds is 4. The van der Waals surface area contributed by atoms with Crippen molar-refractivity contribution in [1.29, 1.82) is 5.26 Å². The minimum atomic E-state index is 0.292. The van der Waals surface area contributed by atoms with E-state index in [0.29, 0.717) is 12.5 Å². The van der Waals surface area contributed by atoms with Gasteiger partial charge in [0.05, 0.1) is 6.07 Å². The molecule has 1 aromatic rings. The van der Waals surface area contributed by atoms with Crippen molar-refractivity contribution >= 4 is 15.9 Å². The van der Waals surface area contributed by atoms with Crippen molar-refractivity contribution in [3.05, 3.63) is 34.3 Å². The average molecular weight is 253 g/mol. The van der Waals surface area contributed by atoms with Crippen LogP contribution in [0.5, 0.6) is 0 Å². The van der Waals surface area contributed by atoms with Crippen LogP contribution >= 0.6 is 15.9 Å². The molecule has 0 fully saturated rings. The molecule has 2 nitrogen and oxygen atoms in total. The summed E-state index contributed by atoms with van der Waals surface area (Å²) in [6.45, 7) is 2.84. The van der Waals surface area contributed by atoms with Crippen LogP contribution in [-0.2, 0) is 0 Å². The van der Waals surface area contributed by atoms with E-state index in [4.69, 9.17) is 5.26 Å². The molecule has 74 valence electrons. The van der Waals surface area contributed by atoms with Crippen molar-refractivity contribution < 1.29 is 0 Å². The minimum Gasteiger partial charge on any atom is -0.309 e. The van der Waals surface area contributed by atoms with Crippen LogP contribution in [0.25, 0.3) is 0 Å². The Morgan fingerprint density at radius 3 is 3.00 bits per heavy atom. The van der Waals surface area contributed by atoms with E-state index < -0.39 is 0 Å². The molecule has 1 atom stereocenters. The van der Waals surface area contributed by atoms with Gasteiger partial charge in [-0.2, -0.15) is 5.26 Å². The highest BCUT2D eigenvalue weighted by Crippen LogP contribution is 2.17. The molecular weight excluding hydrogens is 240 g/mol. The van der Waals surface area contributed by atoms with E-state index in [1.54, 1.807) is 0 Å². The molecule has 0 spiro atoms. The number of benzene rings is 1.